The standard InChI is InChI=1S/C10H17N3OS/c1-3-8-6-13(4-5-14-8)10-7(2)9(11)12-15-10/h8H,3-6H2,1-2H3,(H2,11,12). The van der Waals surface area contributed by atoms with E-state index in [1.54, 1.807) is 0 Å². The van der Waals surface area contributed by atoms with Crippen LogP contribution in [0.25, 0.3) is 0 Å². The van der Waals surface area contributed by atoms with Crippen LogP contribution in [0.3, 0.4) is 0 Å². The molecule has 15 heavy (non-hydrogen) atoms. The Kier molecular flexibility index (Phi) is 3.11. The second-order valence-corrected chi connectivity index (χ2v) is 4.60. The molecule has 0 spiro atoms. The summed E-state index contributed by atoms with van der Waals surface area (Å²) in [4.78, 5) is 2.33. The molecule has 1 fully saturated rings. The molecule has 2 heterocycles. The predicted octanol–water partition coefficient (Wildman–Crippen LogP) is 1.65. The predicted molar refractivity (Wildman–Crippen MR) is 63.5 cm³/mol. The Hall–Kier alpha value is -0.810. The molecule has 84 valence electrons. The Labute approximate surface area is 94.2 Å². The van der Waals surface area contributed by atoms with Gasteiger partial charge in [-0.2, -0.15) is 4.37 Å². The largest absolute Gasteiger partial charge is 0.383 e. The van der Waals surface area contributed by atoms with Crippen molar-refractivity contribution < 1.29 is 4.74 Å². The minimum absolute atomic E-state index is 0.349. The molecule has 1 aliphatic rings. The van der Waals surface area contributed by atoms with Gasteiger partial charge in [-0.1, -0.05) is 6.92 Å². The maximum absolute atomic E-state index is 5.76. The zero-order valence-corrected chi connectivity index (χ0v) is 10.0. The summed E-state index contributed by atoms with van der Waals surface area (Å²) in [5.41, 5.74) is 6.86. The van der Waals surface area contributed by atoms with Crippen LogP contribution < -0.4 is 10.6 Å². The molecule has 1 unspecified atom stereocenters. The van der Waals surface area contributed by atoms with Crippen molar-refractivity contribution in [3.8, 4) is 0 Å². The van der Waals surface area contributed by atoms with E-state index in [9.17, 15) is 0 Å². The quantitative estimate of drug-likeness (QED) is 0.834. The normalized spacial score (nSPS) is 22.0. The van der Waals surface area contributed by atoms with E-state index >= 15 is 0 Å². The van der Waals surface area contributed by atoms with E-state index in [1.807, 2.05) is 6.92 Å². The second kappa shape index (κ2) is 4.37. The fourth-order valence-electron chi connectivity index (χ4n) is 1.78. The van der Waals surface area contributed by atoms with Gasteiger partial charge in [0.15, 0.2) is 0 Å². The molecular weight excluding hydrogens is 210 g/mol. The van der Waals surface area contributed by atoms with Crippen LogP contribution >= 0.6 is 11.5 Å². The Morgan fingerprint density at radius 3 is 3.07 bits per heavy atom. The molecule has 0 aliphatic carbocycles. The third-order valence-electron chi connectivity index (χ3n) is 2.82. The van der Waals surface area contributed by atoms with Gasteiger partial charge in [0.05, 0.1) is 12.7 Å². The highest BCUT2D eigenvalue weighted by atomic mass is 32.1. The number of aromatic nitrogens is 1. The lowest BCUT2D eigenvalue weighted by atomic mass is 10.2. The number of hydrogen-bond acceptors (Lipinski definition) is 5. The van der Waals surface area contributed by atoms with Crippen LogP contribution in [-0.2, 0) is 4.74 Å². The van der Waals surface area contributed by atoms with Gasteiger partial charge in [-0.15, -0.1) is 0 Å². The highest BCUT2D eigenvalue weighted by Crippen LogP contribution is 2.30. The zero-order chi connectivity index (χ0) is 10.8. The molecule has 0 saturated carbocycles. The zero-order valence-electron chi connectivity index (χ0n) is 9.19. The van der Waals surface area contributed by atoms with Crippen molar-refractivity contribution in [1.29, 1.82) is 0 Å². The van der Waals surface area contributed by atoms with Crippen LogP contribution in [-0.4, -0.2) is 30.2 Å². The second-order valence-electron chi connectivity index (χ2n) is 3.85. The first-order chi connectivity index (χ1) is 7.22. The van der Waals surface area contributed by atoms with Crippen molar-refractivity contribution in [2.45, 2.75) is 26.4 Å². The lowest BCUT2D eigenvalue weighted by Gasteiger charge is -2.33. The van der Waals surface area contributed by atoms with Crippen LogP contribution in [0.5, 0.6) is 0 Å². The van der Waals surface area contributed by atoms with Crippen molar-refractivity contribution in [3.05, 3.63) is 5.56 Å². The summed E-state index contributed by atoms with van der Waals surface area (Å²) in [5, 5.41) is 1.20. The molecule has 1 aromatic rings. The molecule has 0 radical (unpaired) electrons. The highest BCUT2D eigenvalue weighted by molar-refractivity contribution is 7.10. The number of ether oxygens (including phenoxy) is 1. The molecule has 1 aliphatic heterocycles. The summed E-state index contributed by atoms with van der Waals surface area (Å²) < 4.78 is 9.82. The summed E-state index contributed by atoms with van der Waals surface area (Å²) in [7, 11) is 0. The number of nitrogen functional groups attached to an aromatic ring is 1. The van der Waals surface area contributed by atoms with Gasteiger partial charge in [0.2, 0.25) is 0 Å². The van der Waals surface area contributed by atoms with Gasteiger partial charge in [0, 0.05) is 18.7 Å². The molecule has 0 amide bonds. The van der Waals surface area contributed by atoms with E-state index < -0.39 is 0 Å². The molecule has 0 aromatic carbocycles. The highest BCUT2D eigenvalue weighted by Gasteiger charge is 2.22. The molecule has 4 nitrogen and oxygen atoms in total. The minimum Gasteiger partial charge on any atom is -0.383 e. The van der Waals surface area contributed by atoms with Crippen molar-refractivity contribution >= 4 is 22.4 Å². The smallest absolute Gasteiger partial charge is 0.142 e. The van der Waals surface area contributed by atoms with E-state index in [4.69, 9.17) is 10.5 Å². The molecule has 1 aromatic heterocycles. The van der Waals surface area contributed by atoms with Gasteiger partial charge in [0.1, 0.15) is 10.8 Å². The summed E-state index contributed by atoms with van der Waals surface area (Å²) in [6, 6.07) is 0. The van der Waals surface area contributed by atoms with Crippen LogP contribution in [0.1, 0.15) is 18.9 Å². The first-order valence-electron chi connectivity index (χ1n) is 5.30. The van der Waals surface area contributed by atoms with Crippen LogP contribution in [0, 0.1) is 6.92 Å². The fraction of sp³-hybridized carbons (Fsp3) is 0.700. The number of nitrogens with two attached hydrogens (primary N) is 1. The summed E-state index contributed by atoms with van der Waals surface area (Å²) in [6.45, 7) is 6.89. The number of hydrogen-bond donors (Lipinski definition) is 1. The van der Waals surface area contributed by atoms with Gasteiger partial charge >= 0.3 is 0 Å². The number of rotatable bonds is 2. The van der Waals surface area contributed by atoms with Gasteiger partial charge in [-0.05, 0) is 24.9 Å². The molecule has 2 N–H and O–H groups in total. The third-order valence-corrected chi connectivity index (χ3v) is 3.84. The number of anilines is 2. The number of morpholine rings is 1. The van der Waals surface area contributed by atoms with Gasteiger partial charge in [-0.25, -0.2) is 0 Å². The van der Waals surface area contributed by atoms with E-state index in [2.05, 4.69) is 16.2 Å². The summed E-state index contributed by atoms with van der Waals surface area (Å²) in [5.74, 6) is 0.662. The van der Waals surface area contributed by atoms with Crippen LogP contribution in [0.15, 0.2) is 0 Å². The van der Waals surface area contributed by atoms with Gasteiger partial charge < -0.3 is 15.4 Å². The maximum Gasteiger partial charge on any atom is 0.142 e. The van der Waals surface area contributed by atoms with E-state index in [1.165, 1.54) is 16.5 Å². The number of nitrogens with zero attached hydrogens (tertiary/aromatic N) is 2. The minimum atomic E-state index is 0.349. The molecular formula is C10H17N3OS. The van der Waals surface area contributed by atoms with E-state index in [0.717, 1.165) is 31.7 Å². The average molecular weight is 227 g/mol. The van der Waals surface area contributed by atoms with Crippen molar-refractivity contribution in [3.63, 3.8) is 0 Å². The Balaban J connectivity index is 2.13. The Morgan fingerprint density at radius 1 is 1.67 bits per heavy atom. The lowest BCUT2D eigenvalue weighted by molar-refractivity contribution is 0.0386. The van der Waals surface area contributed by atoms with Crippen LogP contribution in [0.4, 0.5) is 10.8 Å². The molecule has 1 atom stereocenters. The SMILES string of the molecule is CCC1CN(c2snc(N)c2C)CCO1. The molecule has 5 heteroatoms. The first kappa shape index (κ1) is 10.7. The average Bonchev–Trinajstić information content (AvgIpc) is 2.60. The van der Waals surface area contributed by atoms with Crippen molar-refractivity contribution in [2.75, 3.05) is 30.3 Å². The lowest BCUT2D eigenvalue weighted by Crippen LogP contribution is -2.42. The molecule has 2 rings (SSSR count). The Bertz CT molecular complexity index is 339. The van der Waals surface area contributed by atoms with Crippen LogP contribution in [0.2, 0.25) is 0 Å². The summed E-state index contributed by atoms with van der Waals surface area (Å²) >= 11 is 1.49. The maximum atomic E-state index is 5.76. The topological polar surface area (TPSA) is 51.4 Å². The van der Waals surface area contributed by atoms with Gasteiger partial charge in [-0.3, -0.25) is 0 Å². The first-order valence-corrected chi connectivity index (χ1v) is 6.08. The van der Waals surface area contributed by atoms with Gasteiger partial charge in [0.25, 0.3) is 0 Å². The Morgan fingerprint density at radius 2 is 2.47 bits per heavy atom. The molecule has 0 bridgehead atoms. The van der Waals surface area contributed by atoms with Crippen molar-refractivity contribution in [2.24, 2.45) is 0 Å². The fourth-order valence-corrected chi connectivity index (χ4v) is 2.63. The summed E-state index contributed by atoms with van der Waals surface area (Å²) in [6.07, 6.45) is 1.41. The van der Waals surface area contributed by atoms with E-state index in [-0.39, 0.29) is 0 Å². The molecule has 1 saturated heterocycles. The van der Waals surface area contributed by atoms with Crippen molar-refractivity contribution in [1.82, 2.24) is 4.37 Å². The third kappa shape index (κ3) is 2.08. The monoisotopic (exact) mass is 227 g/mol. The van der Waals surface area contributed by atoms with E-state index in [0.29, 0.717) is 11.9 Å².